The van der Waals surface area contributed by atoms with E-state index < -0.39 is 0 Å². The van der Waals surface area contributed by atoms with Gasteiger partial charge in [0.2, 0.25) is 0 Å². The number of rotatable bonds is 5. The standard InChI is InChI=1S/C18H28O3/c1-19-16-11-12-17(18(13-16)20-2)21-14-15-9-7-5-3-4-6-8-10-15/h11-13,15H,3-10,14H2,1-2H3. The Morgan fingerprint density at radius 3 is 2.14 bits per heavy atom. The van der Waals surface area contributed by atoms with Crippen molar-refractivity contribution in [2.45, 2.75) is 51.4 Å². The zero-order valence-corrected chi connectivity index (χ0v) is 13.4. The van der Waals surface area contributed by atoms with E-state index in [4.69, 9.17) is 14.2 Å². The minimum atomic E-state index is 0.676. The van der Waals surface area contributed by atoms with Crippen LogP contribution >= 0.6 is 0 Å². The summed E-state index contributed by atoms with van der Waals surface area (Å²) in [6, 6.07) is 5.73. The van der Waals surface area contributed by atoms with Gasteiger partial charge in [-0.05, 0) is 30.9 Å². The lowest BCUT2D eigenvalue weighted by molar-refractivity contribution is 0.218. The molecule has 0 N–H and O–H groups in total. The monoisotopic (exact) mass is 292 g/mol. The lowest BCUT2D eigenvalue weighted by Gasteiger charge is -2.18. The van der Waals surface area contributed by atoms with Crippen LogP contribution in [0.25, 0.3) is 0 Å². The van der Waals surface area contributed by atoms with Gasteiger partial charge >= 0.3 is 0 Å². The van der Waals surface area contributed by atoms with Crippen LogP contribution in [0, 0.1) is 5.92 Å². The first kappa shape index (κ1) is 16.0. The lowest BCUT2D eigenvalue weighted by atomic mass is 9.98. The molecule has 0 saturated heterocycles. The first-order valence-corrected chi connectivity index (χ1v) is 8.18. The Morgan fingerprint density at radius 1 is 0.857 bits per heavy atom. The molecular formula is C18H28O3. The number of methoxy groups -OCH3 is 2. The first-order valence-electron chi connectivity index (χ1n) is 8.18. The van der Waals surface area contributed by atoms with Crippen LogP contribution < -0.4 is 14.2 Å². The van der Waals surface area contributed by atoms with Gasteiger partial charge < -0.3 is 14.2 Å². The van der Waals surface area contributed by atoms with Crippen molar-refractivity contribution >= 4 is 0 Å². The van der Waals surface area contributed by atoms with Gasteiger partial charge in [-0.25, -0.2) is 0 Å². The van der Waals surface area contributed by atoms with Crippen LogP contribution in [0.4, 0.5) is 0 Å². The molecule has 0 amide bonds. The van der Waals surface area contributed by atoms with Crippen molar-refractivity contribution in [1.82, 2.24) is 0 Å². The fourth-order valence-corrected chi connectivity index (χ4v) is 2.99. The quantitative estimate of drug-likeness (QED) is 0.777. The van der Waals surface area contributed by atoms with Crippen LogP contribution in [0.15, 0.2) is 18.2 Å². The lowest BCUT2D eigenvalue weighted by Crippen LogP contribution is -2.12. The Balaban J connectivity index is 1.91. The summed E-state index contributed by atoms with van der Waals surface area (Å²) in [6.07, 6.45) is 10.8. The third-order valence-corrected chi connectivity index (χ3v) is 4.32. The van der Waals surface area contributed by atoms with Crippen molar-refractivity contribution in [3.8, 4) is 17.2 Å². The molecule has 0 radical (unpaired) electrons. The van der Waals surface area contributed by atoms with Crippen molar-refractivity contribution in [3.05, 3.63) is 18.2 Å². The van der Waals surface area contributed by atoms with Gasteiger partial charge in [0.25, 0.3) is 0 Å². The molecule has 118 valence electrons. The van der Waals surface area contributed by atoms with Crippen LogP contribution in [0.2, 0.25) is 0 Å². The number of ether oxygens (including phenoxy) is 3. The normalized spacial score (nSPS) is 17.4. The summed E-state index contributed by atoms with van der Waals surface area (Å²) >= 11 is 0. The molecule has 0 bridgehead atoms. The van der Waals surface area contributed by atoms with E-state index >= 15 is 0 Å². The molecule has 3 heteroatoms. The Labute approximate surface area is 128 Å². The number of hydrogen-bond donors (Lipinski definition) is 0. The Hall–Kier alpha value is -1.38. The molecular weight excluding hydrogens is 264 g/mol. The Kier molecular flexibility index (Phi) is 6.71. The summed E-state index contributed by atoms with van der Waals surface area (Å²) in [4.78, 5) is 0. The third-order valence-electron chi connectivity index (χ3n) is 4.32. The number of benzene rings is 1. The summed E-state index contributed by atoms with van der Waals surface area (Å²) in [5, 5.41) is 0. The van der Waals surface area contributed by atoms with E-state index in [1.54, 1.807) is 14.2 Å². The molecule has 1 aliphatic rings. The van der Waals surface area contributed by atoms with Gasteiger partial charge in [-0.2, -0.15) is 0 Å². The molecule has 1 aromatic rings. The number of hydrogen-bond acceptors (Lipinski definition) is 3. The molecule has 0 aliphatic heterocycles. The van der Waals surface area contributed by atoms with E-state index in [2.05, 4.69) is 0 Å². The highest BCUT2D eigenvalue weighted by Crippen LogP contribution is 2.32. The summed E-state index contributed by atoms with van der Waals surface area (Å²) < 4.78 is 16.6. The molecule has 1 aromatic carbocycles. The second-order valence-electron chi connectivity index (χ2n) is 5.89. The van der Waals surface area contributed by atoms with E-state index in [1.807, 2.05) is 18.2 Å². The fraction of sp³-hybridized carbons (Fsp3) is 0.667. The molecule has 2 rings (SSSR count). The average molecular weight is 292 g/mol. The zero-order chi connectivity index (χ0) is 14.9. The average Bonchev–Trinajstić information content (AvgIpc) is 2.66. The van der Waals surface area contributed by atoms with Gasteiger partial charge in [-0.15, -0.1) is 0 Å². The SMILES string of the molecule is COc1ccc(OCC2CCCCCCCC2)c(OC)c1. The molecule has 1 fully saturated rings. The highest BCUT2D eigenvalue weighted by molar-refractivity contribution is 5.45. The van der Waals surface area contributed by atoms with Crippen LogP contribution in [0.3, 0.4) is 0 Å². The van der Waals surface area contributed by atoms with Gasteiger partial charge in [0.05, 0.1) is 20.8 Å². The molecule has 0 unspecified atom stereocenters. The fourth-order valence-electron chi connectivity index (χ4n) is 2.99. The Morgan fingerprint density at radius 2 is 1.52 bits per heavy atom. The largest absolute Gasteiger partial charge is 0.497 e. The van der Waals surface area contributed by atoms with Crippen molar-refractivity contribution in [2.75, 3.05) is 20.8 Å². The van der Waals surface area contributed by atoms with Crippen molar-refractivity contribution in [3.63, 3.8) is 0 Å². The highest BCUT2D eigenvalue weighted by atomic mass is 16.5. The van der Waals surface area contributed by atoms with Crippen LogP contribution in [0.1, 0.15) is 51.4 Å². The molecule has 0 atom stereocenters. The molecule has 1 saturated carbocycles. The zero-order valence-electron chi connectivity index (χ0n) is 13.4. The van der Waals surface area contributed by atoms with Crippen LogP contribution in [-0.4, -0.2) is 20.8 Å². The predicted molar refractivity (Wildman–Crippen MR) is 85.5 cm³/mol. The summed E-state index contributed by atoms with van der Waals surface area (Å²) in [7, 11) is 3.33. The predicted octanol–water partition coefficient (Wildman–Crippen LogP) is 4.83. The summed E-state index contributed by atoms with van der Waals surface area (Å²) in [6.45, 7) is 0.794. The van der Waals surface area contributed by atoms with Crippen molar-refractivity contribution < 1.29 is 14.2 Å². The maximum absolute atomic E-state index is 6.02. The molecule has 0 aromatic heterocycles. The van der Waals surface area contributed by atoms with Gasteiger partial charge in [-0.3, -0.25) is 0 Å². The molecule has 0 spiro atoms. The van der Waals surface area contributed by atoms with E-state index in [-0.39, 0.29) is 0 Å². The van der Waals surface area contributed by atoms with Gasteiger partial charge in [0.1, 0.15) is 5.75 Å². The minimum absolute atomic E-state index is 0.676. The Bertz CT molecular complexity index is 407. The molecule has 1 aliphatic carbocycles. The summed E-state index contributed by atoms with van der Waals surface area (Å²) in [5.41, 5.74) is 0. The minimum Gasteiger partial charge on any atom is -0.497 e. The smallest absolute Gasteiger partial charge is 0.164 e. The maximum Gasteiger partial charge on any atom is 0.164 e. The molecule has 3 nitrogen and oxygen atoms in total. The second-order valence-corrected chi connectivity index (χ2v) is 5.89. The van der Waals surface area contributed by atoms with Crippen molar-refractivity contribution in [2.24, 2.45) is 5.92 Å². The second kappa shape index (κ2) is 8.81. The topological polar surface area (TPSA) is 27.7 Å². The molecule has 21 heavy (non-hydrogen) atoms. The van der Waals surface area contributed by atoms with E-state index in [0.717, 1.165) is 23.9 Å². The molecule has 0 heterocycles. The summed E-state index contributed by atoms with van der Waals surface area (Å²) in [5.74, 6) is 3.03. The van der Waals surface area contributed by atoms with Crippen LogP contribution in [-0.2, 0) is 0 Å². The van der Waals surface area contributed by atoms with Gasteiger partial charge in [0.15, 0.2) is 11.5 Å². The van der Waals surface area contributed by atoms with E-state index in [9.17, 15) is 0 Å². The third kappa shape index (κ3) is 5.14. The van der Waals surface area contributed by atoms with Gasteiger partial charge in [0, 0.05) is 6.07 Å². The highest BCUT2D eigenvalue weighted by Gasteiger charge is 2.13. The van der Waals surface area contributed by atoms with Gasteiger partial charge in [-0.1, -0.05) is 38.5 Å². The van der Waals surface area contributed by atoms with Crippen LogP contribution in [0.5, 0.6) is 17.2 Å². The maximum atomic E-state index is 6.02. The van der Waals surface area contributed by atoms with E-state index in [0.29, 0.717) is 5.92 Å². The van der Waals surface area contributed by atoms with E-state index in [1.165, 1.54) is 51.4 Å². The first-order chi connectivity index (χ1) is 10.3. The van der Waals surface area contributed by atoms with Crippen molar-refractivity contribution in [1.29, 1.82) is 0 Å².